The molecule has 9 heteroatoms. The van der Waals surface area contributed by atoms with Crippen LogP contribution in [0.1, 0.15) is 5.56 Å². The van der Waals surface area contributed by atoms with Gasteiger partial charge in [0.1, 0.15) is 12.4 Å². The van der Waals surface area contributed by atoms with Gasteiger partial charge in [0.2, 0.25) is 5.91 Å². The van der Waals surface area contributed by atoms with E-state index in [2.05, 4.69) is 10.2 Å². The van der Waals surface area contributed by atoms with Crippen LogP contribution < -0.4 is 5.32 Å². The van der Waals surface area contributed by atoms with Gasteiger partial charge in [0.05, 0.1) is 23.9 Å². The Bertz CT molecular complexity index is 1190. The van der Waals surface area contributed by atoms with Crippen molar-refractivity contribution in [2.24, 2.45) is 0 Å². The first-order valence-corrected chi connectivity index (χ1v) is 12.2. The van der Waals surface area contributed by atoms with Crippen LogP contribution in [0.25, 0.3) is 10.9 Å². The van der Waals surface area contributed by atoms with Crippen LogP contribution in [0.5, 0.6) is 0 Å². The number of amides is 1. The third kappa shape index (κ3) is 5.35. The van der Waals surface area contributed by atoms with Gasteiger partial charge in [-0.2, -0.15) is 0 Å². The molecule has 1 aromatic heterocycles. The summed E-state index contributed by atoms with van der Waals surface area (Å²) in [6.45, 7) is 4.42. The summed E-state index contributed by atoms with van der Waals surface area (Å²) in [6, 6.07) is 12.5. The minimum absolute atomic E-state index is 0.0235. The number of carbonyl (C=O) groups is 1. The van der Waals surface area contributed by atoms with Crippen molar-refractivity contribution in [1.29, 1.82) is 0 Å². The number of hydrogen-bond acceptors (Lipinski definition) is 5. The maximum absolute atomic E-state index is 13.2. The summed E-state index contributed by atoms with van der Waals surface area (Å²) in [5.41, 5.74) is 1.18. The van der Waals surface area contributed by atoms with E-state index in [1.54, 1.807) is 22.8 Å². The lowest BCUT2D eigenvalue weighted by Gasteiger charge is -2.26. The van der Waals surface area contributed by atoms with E-state index in [9.17, 15) is 17.6 Å². The van der Waals surface area contributed by atoms with E-state index in [-0.39, 0.29) is 23.1 Å². The second-order valence-electron chi connectivity index (χ2n) is 7.83. The maximum atomic E-state index is 13.2. The normalized spacial score (nSPS) is 15.2. The second kappa shape index (κ2) is 9.81. The highest BCUT2D eigenvalue weighted by molar-refractivity contribution is 7.90. The van der Waals surface area contributed by atoms with Crippen molar-refractivity contribution in [2.45, 2.75) is 17.2 Å². The lowest BCUT2D eigenvalue weighted by Crippen LogP contribution is -2.41. The number of halogens is 1. The highest BCUT2D eigenvalue weighted by Gasteiger charge is 2.22. The van der Waals surface area contributed by atoms with Crippen LogP contribution in [0.15, 0.2) is 59.6 Å². The third-order valence-electron chi connectivity index (χ3n) is 5.52. The van der Waals surface area contributed by atoms with Crippen molar-refractivity contribution in [2.75, 3.05) is 39.4 Å². The Labute approximate surface area is 186 Å². The zero-order chi connectivity index (χ0) is 22.6. The Morgan fingerprint density at radius 2 is 1.78 bits per heavy atom. The minimum Gasteiger partial charge on any atom is -0.379 e. The molecule has 1 fully saturated rings. The number of aromatic nitrogens is 1. The molecule has 1 aliphatic heterocycles. The lowest BCUT2D eigenvalue weighted by atomic mass is 10.2. The number of benzene rings is 2. The number of rotatable bonds is 8. The summed E-state index contributed by atoms with van der Waals surface area (Å²) in [7, 11) is -3.69. The highest BCUT2D eigenvalue weighted by atomic mass is 32.2. The highest BCUT2D eigenvalue weighted by Crippen LogP contribution is 2.28. The molecular weight excluding hydrogens is 433 g/mol. The second-order valence-corrected chi connectivity index (χ2v) is 9.79. The molecule has 0 unspecified atom stereocenters. The summed E-state index contributed by atoms with van der Waals surface area (Å²) in [5, 5.41) is 3.47. The topological polar surface area (TPSA) is 80.6 Å². The first-order valence-electron chi connectivity index (χ1n) is 10.5. The smallest absolute Gasteiger partial charge is 0.239 e. The summed E-state index contributed by atoms with van der Waals surface area (Å²) in [6.07, 6.45) is 1.52. The van der Waals surface area contributed by atoms with E-state index in [1.165, 1.54) is 30.5 Å². The van der Waals surface area contributed by atoms with Gasteiger partial charge >= 0.3 is 0 Å². The van der Waals surface area contributed by atoms with Crippen LogP contribution in [0.4, 0.5) is 4.39 Å². The Morgan fingerprint density at radius 3 is 2.53 bits per heavy atom. The average Bonchev–Trinajstić information content (AvgIpc) is 3.15. The summed E-state index contributed by atoms with van der Waals surface area (Å²) >= 11 is 0. The van der Waals surface area contributed by atoms with Gasteiger partial charge in [-0.25, -0.2) is 12.8 Å². The predicted molar refractivity (Wildman–Crippen MR) is 119 cm³/mol. The van der Waals surface area contributed by atoms with Gasteiger partial charge in [-0.1, -0.05) is 30.3 Å². The van der Waals surface area contributed by atoms with Crippen molar-refractivity contribution in [3.63, 3.8) is 0 Å². The van der Waals surface area contributed by atoms with Crippen LogP contribution >= 0.6 is 0 Å². The molecule has 1 N–H and O–H groups in total. The zero-order valence-electron chi connectivity index (χ0n) is 17.7. The molecule has 1 amide bonds. The third-order valence-corrected chi connectivity index (χ3v) is 7.23. The number of sulfone groups is 1. The zero-order valence-corrected chi connectivity index (χ0v) is 18.5. The van der Waals surface area contributed by atoms with E-state index in [0.29, 0.717) is 36.2 Å². The Morgan fingerprint density at radius 1 is 1.06 bits per heavy atom. The van der Waals surface area contributed by atoms with E-state index in [0.717, 1.165) is 19.6 Å². The van der Waals surface area contributed by atoms with Crippen molar-refractivity contribution in [1.82, 2.24) is 14.8 Å². The van der Waals surface area contributed by atoms with Gasteiger partial charge in [0.25, 0.3) is 0 Å². The van der Waals surface area contributed by atoms with Gasteiger partial charge in [-0.3, -0.25) is 9.69 Å². The molecule has 0 bridgehead atoms. The molecule has 170 valence electrons. The van der Waals surface area contributed by atoms with E-state index < -0.39 is 15.7 Å². The minimum atomic E-state index is -3.69. The standard InChI is InChI=1S/C23H26FN3O4S/c24-19-7-5-18(6-8-19)17-32(29,30)22-15-27(21-4-2-1-3-20(21)22)16-23(28)25-9-10-26-11-13-31-14-12-26/h1-8,15H,9-14,16-17H2,(H,25,28). The van der Waals surface area contributed by atoms with Crippen LogP contribution in [0, 0.1) is 5.82 Å². The molecule has 0 aliphatic carbocycles. The molecule has 3 aromatic rings. The summed E-state index contributed by atoms with van der Waals surface area (Å²) in [4.78, 5) is 14.9. The molecule has 1 saturated heterocycles. The molecule has 32 heavy (non-hydrogen) atoms. The van der Waals surface area contributed by atoms with Gasteiger partial charge in [0.15, 0.2) is 9.84 Å². The van der Waals surface area contributed by atoms with Crippen LogP contribution in [-0.4, -0.2) is 63.2 Å². The van der Waals surface area contributed by atoms with Crippen molar-refractivity contribution >= 4 is 26.6 Å². The predicted octanol–water partition coefficient (Wildman–Crippen LogP) is 2.20. The number of nitrogens with zero attached hydrogens (tertiary/aromatic N) is 2. The number of ether oxygens (including phenoxy) is 1. The molecule has 2 aromatic carbocycles. The van der Waals surface area contributed by atoms with Crippen molar-refractivity contribution in [3.8, 4) is 0 Å². The van der Waals surface area contributed by atoms with Crippen molar-refractivity contribution in [3.05, 3.63) is 66.1 Å². The molecular formula is C23H26FN3O4S. The Balaban J connectivity index is 1.48. The quantitative estimate of drug-likeness (QED) is 0.559. The molecule has 0 saturated carbocycles. The fraction of sp³-hybridized carbons (Fsp3) is 0.348. The number of hydrogen-bond donors (Lipinski definition) is 1. The summed E-state index contributed by atoms with van der Waals surface area (Å²) in [5.74, 6) is -0.837. The van der Waals surface area contributed by atoms with Gasteiger partial charge in [-0.15, -0.1) is 0 Å². The summed E-state index contributed by atoms with van der Waals surface area (Å²) < 4.78 is 46.4. The fourth-order valence-electron chi connectivity index (χ4n) is 3.86. The molecule has 1 aliphatic rings. The Kier molecular flexibility index (Phi) is 6.88. The van der Waals surface area contributed by atoms with E-state index in [4.69, 9.17) is 4.74 Å². The molecule has 0 radical (unpaired) electrons. The fourth-order valence-corrected chi connectivity index (χ4v) is 5.44. The van der Waals surface area contributed by atoms with Crippen molar-refractivity contribution < 1.29 is 22.3 Å². The lowest BCUT2D eigenvalue weighted by molar-refractivity contribution is -0.121. The maximum Gasteiger partial charge on any atom is 0.239 e. The number of morpholine rings is 1. The molecule has 0 spiro atoms. The first kappa shape index (κ1) is 22.4. The Hall–Kier alpha value is -2.75. The first-order chi connectivity index (χ1) is 15.4. The molecule has 7 nitrogen and oxygen atoms in total. The van der Waals surface area contributed by atoms with E-state index >= 15 is 0 Å². The van der Waals surface area contributed by atoms with Crippen LogP contribution in [0.2, 0.25) is 0 Å². The molecule has 0 atom stereocenters. The van der Waals surface area contributed by atoms with Gasteiger partial charge < -0.3 is 14.6 Å². The number of nitrogens with one attached hydrogen (secondary N) is 1. The van der Waals surface area contributed by atoms with Gasteiger partial charge in [0, 0.05) is 43.3 Å². The number of fused-ring (bicyclic) bond motifs is 1. The van der Waals surface area contributed by atoms with E-state index in [1.807, 2.05) is 6.07 Å². The van der Waals surface area contributed by atoms with Crippen LogP contribution in [0.3, 0.4) is 0 Å². The molecule has 4 rings (SSSR count). The number of carbonyl (C=O) groups excluding carboxylic acids is 1. The van der Waals surface area contributed by atoms with Crippen LogP contribution in [-0.2, 0) is 31.7 Å². The number of para-hydroxylation sites is 1. The SMILES string of the molecule is O=C(Cn1cc(S(=O)(=O)Cc2ccc(F)cc2)c2ccccc21)NCCN1CCOCC1. The largest absolute Gasteiger partial charge is 0.379 e. The average molecular weight is 460 g/mol. The molecule has 2 heterocycles. The monoisotopic (exact) mass is 459 g/mol. The van der Waals surface area contributed by atoms with Gasteiger partial charge in [-0.05, 0) is 23.8 Å².